The number of carbonyl (C=O) groups excluding carboxylic acids is 1. The molecule has 0 aliphatic carbocycles. The molecule has 0 aromatic heterocycles. The van der Waals surface area contributed by atoms with Gasteiger partial charge in [0, 0.05) is 0 Å². The van der Waals surface area contributed by atoms with Crippen molar-refractivity contribution in [1.82, 2.24) is 0 Å². The van der Waals surface area contributed by atoms with Crippen molar-refractivity contribution in [3.8, 4) is 0 Å². The van der Waals surface area contributed by atoms with Crippen molar-refractivity contribution >= 4 is 6.29 Å². The molecule has 1 heteroatoms. The molecule has 0 fully saturated rings. The highest BCUT2D eigenvalue weighted by Gasteiger charge is 1.96. The number of carbonyl (C=O) groups is 1. The van der Waals surface area contributed by atoms with Gasteiger partial charge in [0.25, 0.3) is 0 Å². The smallest absolute Gasteiger partial charge is 0.142 e. The van der Waals surface area contributed by atoms with Crippen molar-refractivity contribution in [1.29, 1.82) is 0 Å². The Morgan fingerprint density at radius 2 is 0.645 bits per heavy atom. The monoisotopic (exact) mass is 434 g/mol. The average Bonchev–Trinajstić information content (AvgIpc) is 2.78. The second-order valence-electron chi connectivity index (χ2n) is 9.84. The molecular formula is C30H58O. The maximum atomic E-state index is 10.2. The Balaban J connectivity index is 3.00. The molecule has 31 heavy (non-hydrogen) atoms. The fraction of sp³-hybridized carbons (Fsp3) is 0.900. The largest absolute Gasteiger partial charge is 0.299 e. The molecule has 1 nitrogen and oxygen atoms in total. The van der Waals surface area contributed by atoms with Gasteiger partial charge >= 0.3 is 0 Å². The van der Waals surface area contributed by atoms with Crippen LogP contribution in [0.2, 0.25) is 0 Å². The highest BCUT2D eigenvalue weighted by molar-refractivity contribution is 5.64. The van der Waals surface area contributed by atoms with Gasteiger partial charge in [-0.2, -0.15) is 0 Å². The van der Waals surface area contributed by atoms with Crippen LogP contribution in [0, 0.1) is 0 Å². The number of allylic oxidation sites excluding steroid dienone is 2. The Morgan fingerprint density at radius 3 is 0.903 bits per heavy atom. The molecule has 0 rings (SSSR count). The van der Waals surface area contributed by atoms with Gasteiger partial charge < -0.3 is 0 Å². The van der Waals surface area contributed by atoms with Crippen LogP contribution in [0.4, 0.5) is 0 Å². The highest BCUT2D eigenvalue weighted by Crippen LogP contribution is 2.15. The van der Waals surface area contributed by atoms with E-state index in [1.165, 1.54) is 161 Å². The first kappa shape index (κ1) is 30.4. The summed E-state index contributed by atoms with van der Waals surface area (Å²) in [5.41, 5.74) is 0. The lowest BCUT2D eigenvalue weighted by molar-refractivity contribution is -0.104. The summed E-state index contributed by atoms with van der Waals surface area (Å²) < 4.78 is 0. The van der Waals surface area contributed by atoms with Gasteiger partial charge in [0.2, 0.25) is 0 Å². The van der Waals surface area contributed by atoms with Crippen molar-refractivity contribution in [2.24, 2.45) is 0 Å². The Hall–Kier alpha value is -0.590. The summed E-state index contributed by atoms with van der Waals surface area (Å²) in [4.78, 5) is 10.2. The van der Waals surface area contributed by atoms with Crippen LogP contribution in [0.1, 0.15) is 174 Å². The third-order valence-electron chi connectivity index (χ3n) is 6.69. The van der Waals surface area contributed by atoms with Crippen molar-refractivity contribution in [3.63, 3.8) is 0 Å². The van der Waals surface area contributed by atoms with Crippen LogP contribution in [-0.4, -0.2) is 6.29 Å². The number of hydrogen-bond acceptors (Lipinski definition) is 1. The Bertz CT molecular complexity index is 346. The zero-order valence-electron chi connectivity index (χ0n) is 21.5. The van der Waals surface area contributed by atoms with E-state index in [0.29, 0.717) is 0 Å². The van der Waals surface area contributed by atoms with Crippen LogP contribution in [0.5, 0.6) is 0 Å². The van der Waals surface area contributed by atoms with Gasteiger partial charge in [-0.25, -0.2) is 0 Å². The van der Waals surface area contributed by atoms with E-state index in [1.54, 1.807) is 6.08 Å². The topological polar surface area (TPSA) is 17.1 Å². The summed E-state index contributed by atoms with van der Waals surface area (Å²) in [6, 6.07) is 0. The molecule has 0 radical (unpaired) electrons. The Labute approximate surface area is 197 Å². The molecular weight excluding hydrogens is 376 g/mol. The molecule has 0 unspecified atom stereocenters. The number of hydrogen-bond donors (Lipinski definition) is 0. The maximum Gasteiger partial charge on any atom is 0.142 e. The molecule has 184 valence electrons. The zero-order valence-corrected chi connectivity index (χ0v) is 21.5. The summed E-state index contributed by atoms with van der Waals surface area (Å²) in [6.45, 7) is 2.30. The molecule has 0 aromatic rings. The number of unbranched alkanes of at least 4 members (excludes halogenated alkanes) is 25. The van der Waals surface area contributed by atoms with Crippen LogP contribution in [0.25, 0.3) is 0 Å². The molecule has 0 bridgehead atoms. The predicted octanol–water partition coefficient (Wildman–Crippen LogP) is 10.9. The summed E-state index contributed by atoms with van der Waals surface area (Å²) in [6.07, 6.45) is 41.5. The summed E-state index contributed by atoms with van der Waals surface area (Å²) in [7, 11) is 0. The molecule has 0 aromatic carbocycles. The number of rotatable bonds is 27. The van der Waals surface area contributed by atoms with Gasteiger partial charge in [0.1, 0.15) is 6.29 Å². The molecule has 0 aliphatic rings. The van der Waals surface area contributed by atoms with Crippen molar-refractivity contribution in [2.75, 3.05) is 0 Å². The van der Waals surface area contributed by atoms with Crippen LogP contribution in [0.3, 0.4) is 0 Å². The summed E-state index contributed by atoms with van der Waals surface area (Å²) >= 11 is 0. The quantitative estimate of drug-likeness (QED) is 0.0713. The molecule has 0 saturated heterocycles. The summed E-state index contributed by atoms with van der Waals surface area (Å²) in [5, 5.41) is 0. The van der Waals surface area contributed by atoms with Gasteiger partial charge in [-0.1, -0.05) is 167 Å². The fourth-order valence-corrected chi connectivity index (χ4v) is 4.55. The SMILES string of the molecule is CCCCCCCCCCCCCCCCCCCCCCCCCCCC=CC=O. The van der Waals surface area contributed by atoms with E-state index in [2.05, 4.69) is 6.92 Å². The standard InChI is InChI=1S/C30H58O/c1-2-3-4-5-6-7-8-9-10-11-12-13-14-15-16-17-18-19-20-21-22-23-24-25-26-27-28-29-30-31/h28-30H,2-27H2,1H3. The lowest BCUT2D eigenvalue weighted by atomic mass is 10.0. The van der Waals surface area contributed by atoms with E-state index in [0.717, 1.165) is 12.7 Å². The lowest BCUT2D eigenvalue weighted by Crippen LogP contribution is -1.84. The van der Waals surface area contributed by atoms with Gasteiger partial charge in [-0.05, 0) is 18.9 Å². The first-order valence-electron chi connectivity index (χ1n) is 14.5. The van der Waals surface area contributed by atoms with Crippen LogP contribution in [0.15, 0.2) is 12.2 Å². The second-order valence-corrected chi connectivity index (χ2v) is 9.84. The molecule has 0 aliphatic heterocycles. The minimum atomic E-state index is 0.875. The van der Waals surface area contributed by atoms with Gasteiger partial charge in [0.15, 0.2) is 0 Å². The van der Waals surface area contributed by atoms with E-state index in [-0.39, 0.29) is 0 Å². The minimum Gasteiger partial charge on any atom is -0.299 e. The zero-order chi connectivity index (χ0) is 22.5. The normalized spacial score (nSPS) is 11.5. The predicted molar refractivity (Wildman–Crippen MR) is 141 cm³/mol. The Kier molecular flexibility index (Phi) is 28.9. The number of aldehydes is 1. The van der Waals surface area contributed by atoms with Crippen molar-refractivity contribution in [2.45, 2.75) is 174 Å². The third kappa shape index (κ3) is 29.4. The van der Waals surface area contributed by atoms with E-state index < -0.39 is 0 Å². The van der Waals surface area contributed by atoms with Gasteiger partial charge in [0.05, 0.1) is 0 Å². The minimum absolute atomic E-state index is 0.875. The fourth-order valence-electron chi connectivity index (χ4n) is 4.55. The van der Waals surface area contributed by atoms with Crippen molar-refractivity contribution < 1.29 is 4.79 Å². The first-order valence-corrected chi connectivity index (χ1v) is 14.5. The van der Waals surface area contributed by atoms with E-state index in [9.17, 15) is 4.79 Å². The molecule has 0 amide bonds. The molecule has 0 saturated carbocycles. The maximum absolute atomic E-state index is 10.2. The van der Waals surface area contributed by atoms with Gasteiger partial charge in [-0.3, -0.25) is 4.79 Å². The van der Waals surface area contributed by atoms with Crippen molar-refractivity contribution in [3.05, 3.63) is 12.2 Å². The highest BCUT2D eigenvalue weighted by atomic mass is 16.1. The third-order valence-corrected chi connectivity index (χ3v) is 6.69. The molecule has 0 N–H and O–H groups in total. The molecule has 0 heterocycles. The van der Waals surface area contributed by atoms with Crippen LogP contribution in [-0.2, 0) is 4.79 Å². The second kappa shape index (κ2) is 29.4. The van der Waals surface area contributed by atoms with Crippen LogP contribution < -0.4 is 0 Å². The average molecular weight is 435 g/mol. The molecule has 0 atom stereocenters. The lowest BCUT2D eigenvalue weighted by Gasteiger charge is -2.04. The van der Waals surface area contributed by atoms with E-state index in [4.69, 9.17) is 0 Å². The summed E-state index contributed by atoms with van der Waals surface area (Å²) in [5.74, 6) is 0. The van der Waals surface area contributed by atoms with E-state index in [1.807, 2.05) is 6.08 Å². The first-order chi connectivity index (χ1) is 15.4. The van der Waals surface area contributed by atoms with Crippen LogP contribution >= 0.6 is 0 Å². The molecule has 0 spiro atoms. The van der Waals surface area contributed by atoms with Gasteiger partial charge in [-0.15, -0.1) is 0 Å². The Morgan fingerprint density at radius 1 is 0.387 bits per heavy atom. The van der Waals surface area contributed by atoms with E-state index >= 15 is 0 Å².